The van der Waals surface area contributed by atoms with Crippen molar-refractivity contribution in [2.24, 2.45) is 0 Å². The van der Waals surface area contributed by atoms with Gasteiger partial charge in [0, 0.05) is 24.3 Å². The number of rotatable bonds is 1. The Labute approximate surface area is 75.8 Å². The first-order valence-corrected chi connectivity index (χ1v) is 4.57. The van der Waals surface area contributed by atoms with Crippen LogP contribution in [0.1, 0.15) is 27.7 Å². The quantitative estimate of drug-likeness (QED) is 0.590. The van der Waals surface area contributed by atoms with Crippen LogP contribution in [-0.2, 0) is 0 Å². The smallest absolute Gasteiger partial charge is 0.0709 e. The molecule has 0 unspecified atom stereocenters. The van der Waals surface area contributed by atoms with Crippen LogP contribution < -0.4 is 0 Å². The van der Waals surface area contributed by atoms with Crippen molar-refractivity contribution in [2.75, 3.05) is 19.8 Å². The van der Waals surface area contributed by atoms with E-state index in [0.717, 1.165) is 19.8 Å². The van der Waals surface area contributed by atoms with Gasteiger partial charge in [-0.3, -0.25) is 4.90 Å². The normalized spacial score (nSPS) is 20.2. The van der Waals surface area contributed by atoms with Crippen LogP contribution in [0.4, 0.5) is 0 Å². The van der Waals surface area contributed by atoms with Crippen molar-refractivity contribution < 1.29 is 0 Å². The maximum atomic E-state index is 3.95. The second kappa shape index (κ2) is 3.09. The second-order valence-corrected chi connectivity index (χ2v) is 4.57. The summed E-state index contributed by atoms with van der Waals surface area (Å²) in [6, 6.07) is 0. The fourth-order valence-electron chi connectivity index (χ4n) is 1.45. The molecule has 1 fully saturated rings. The molecule has 2 nitrogen and oxygen atoms in total. The minimum Gasteiger partial charge on any atom is -0.361 e. The molecule has 1 aliphatic heterocycles. The van der Waals surface area contributed by atoms with Gasteiger partial charge in [-0.2, -0.15) is 0 Å². The fraction of sp³-hybridized carbons (Fsp3) is 0.800. The average Bonchev–Trinajstić information content (AvgIpc) is 2.30. The molecule has 12 heavy (non-hydrogen) atoms. The fourth-order valence-corrected chi connectivity index (χ4v) is 1.45. The van der Waals surface area contributed by atoms with Gasteiger partial charge < -0.3 is 4.90 Å². The average molecular weight is 168 g/mol. The first-order valence-electron chi connectivity index (χ1n) is 4.57. The monoisotopic (exact) mass is 168 g/mol. The lowest BCUT2D eigenvalue weighted by Gasteiger charge is -2.31. The zero-order valence-electron chi connectivity index (χ0n) is 8.72. The highest BCUT2D eigenvalue weighted by Gasteiger charge is 2.27. The lowest BCUT2D eigenvalue weighted by Crippen LogP contribution is -2.40. The topological polar surface area (TPSA) is 6.48 Å². The Morgan fingerprint density at radius 2 is 1.83 bits per heavy atom. The molecule has 0 spiro atoms. The first-order chi connectivity index (χ1) is 5.41. The van der Waals surface area contributed by atoms with E-state index in [4.69, 9.17) is 0 Å². The van der Waals surface area contributed by atoms with Gasteiger partial charge in [0.1, 0.15) is 0 Å². The summed E-state index contributed by atoms with van der Waals surface area (Å²) in [7, 11) is 0. The van der Waals surface area contributed by atoms with Gasteiger partial charge in [-0.1, -0.05) is 6.58 Å². The van der Waals surface area contributed by atoms with Crippen molar-refractivity contribution in [3.05, 3.63) is 12.3 Å². The van der Waals surface area contributed by atoms with Crippen molar-refractivity contribution in [2.45, 2.75) is 33.2 Å². The van der Waals surface area contributed by atoms with Crippen LogP contribution in [0.5, 0.6) is 0 Å². The predicted octanol–water partition coefficient (Wildman–Crippen LogP) is 1.89. The summed E-state index contributed by atoms with van der Waals surface area (Å²) in [5.41, 5.74) is 1.48. The van der Waals surface area contributed by atoms with Gasteiger partial charge in [-0.15, -0.1) is 0 Å². The molecular formula is C10H20N2. The van der Waals surface area contributed by atoms with E-state index in [-0.39, 0.29) is 0 Å². The number of hydrogen-bond donors (Lipinski definition) is 0. The second-order valence-electron chi connectivity index (χ2n) is 4.57. The highest BCUT2D eigenvalue weighted by molar-refractivity contribution is 4.94. The zero-order chi connectivity index (χ0) is 9.35. The van der Waals surface area contributed by atoms with E-state index in [1.54, 1.807) is 0 Å². The van der Waals surface area contributed by atoms with Crippen molar-refractivity contribution in [3.63, 3.8) is 0 Å². The van der Waals surface area contributed by atoms with Crippen LogP contribution in [0.2, 0.25) is 0 Å². The molecule has 1 aliphatic rings. The number of hydrogen-bond acceptors (Lipinski definition) is 2. The maximum absolute atomic E-state index is 3.95. The van der Waals surface area contributed by atoms with E-state index in [9.17, 15) is 0 Å². The first kappa shape index (κ1) is 9.59. The predicted molar refractivity (Wildman–Crippen MR) is 52.8 cm³/mol. The summed E-state index contributed by atoms with van der Waals surface area (Å²) in [5.74, 6) is 0. The van der Waals surface area contributed by atoms with E-state index in [0.29, 0.717) is 5.54 Å². The molecule has 0 radical (unpaired) electrons. The molecule has 0 aromatic carbocycles. The van der Waals surface area contributed by atoms with Gasteiger partial charge in [0.2, 0.25) is 0 Å². The van der Waals surface area contributed by atoms with Gasteiger partial charge in [0.25, 0.3) is 0 Å². The largest absolute Gasteiger partial charge is 0.361 e. The highest BCUT2D eigenvalue weighted by Crippen LogP contribution is 2.19. The van der Waals surface area contributed by atoms with Crippen molar-refractivity contribution in [3.8, 4) is 0 Å². The van der Waals surface area contributed by atoms with Crippen LogP contribution in [0, 0.1) is 0 Å². The Hall–Kier alpha value is -0.500. The molecule has 0 aliphatic carbocycles. The summed E-state index contributed by atoms with van der Waals surface area (Å²) in [6.45, 7) is 16.1. The molecule has 70 valence electrons. The third-order valence-electron chi connectivity index (χ3n) is 2.47. The molecule has 2 heteroatoms. The molecule has 0 bridgehead atoms. The third-order valence-corrected chi connectivity index (χ3v) is 2.47. The minimum atomic E-state index is 0.296. The van der Waals surface area contributed by atoms with Crippen LogP contribution in [0.25, 0.3) is 0 Å². The lowest BCUT2D eigenvalue weighted by atomic mass is 10.1. The molecule has 0 N–H and O–H groups in total. The Bertz CT molecular complexity index is 179. The van der Waals surface area contributed by atoms with Crippen LogP contribution in [-0.4, -0.2) is 35.1 Å². The molecule has 1 heterocycles. The summed E-state index contributed by atoms with van der Waals surface area (Å²) in [4.78, 5) is 4.80. The SMILES string of the molecule is C=C(C)N1CCN(C(C)(C)C)C1. The number of nitrogens with zero attached hydrogens (tertiary/aromatic N) is 2. The Balaban J connectivity index is 2.51. The lowest BCUT2D eigenvalue weighted by molar-refractivity contribution is 0.151. The maximum Gasteiger partial charge on any atom is 0.0709 e. The molecular weight excluding hydrogens is 148 g/mol. The Morgan fingerprint density at radius 1 is 1.25 bits per heavy atom. The van der Waals surface area contributed by atoms with Gasteiger partial charge in [0.15, 0.2) is 0 Å². The van der Waals surface area contributed by atoms with Crippen molar-refractivity contribution >= 4 is 0 Å². The standard InChI is InChI=1S/C10H20N2/c1-9(2)11-6-7-12(8-11)10(3,4)5/h1,6-8H2,2-5H3. The van der Waals surface area contributed by atoms with E-state index < -0.39 is 0 Å². The van der Waals surface area contributed by atoms with E-state index in [2.05, 4.69) is 44.1 Å². The summed E-state index contributed by atoms with van der Waals surface area (Å²) < 4.78 is 0. The molecule has 0 amide bonds. The van der Waals surface area contributed by atoms with Gasteiger partial charge >= 0.3 is 0 Å². The molecule has 0 aromatic heterocycles. The summed E-state index contributed by atoms with van der Waals surface area (Å²) in [5, 5.41) is 0. The van der Waals surface area contributed by atoms with Crippen LogP contribution in [0.15, 0.2) is 12.3 Å². The van der Waals surface area contributed by atoms with Crippen molar-refractivity contribution in [1.29, 1.82) is 0 Å². The van der Waals surface area contributed by atoms with Crippen LogP contribution >= 0.6 is 0 Å². The molecule has 0 aromatic rings. The summed E-state index contributed by atoms with van der Waals surface area (Å²) >= 11 is 0. The van der Waals surface area contributed by atoms with Gasteiger partial charge in [-0.25, -0.2) is 0 Å². The Morgan fingerprint density at radius 3 is 2.08 bits per heavy atom. The summed E-state index contributed by atoms with van der Waals surface area (Å²) in [6.07, 6.45) is 0. The van der Waals surface area contributed by atoms with E-state index in [1.807, 2.05) is 0 Å². The van der Waals surface area contributed by atoms with E-state index >= 15 is 0 Å². The van der Waals surface area contributed by atoms with Gasteiger partial charge in [0.05, 0.1) is 6.67 Å². The zero-order valence-corrected chi connectivity index (χ0v) is 8.72. The molecule has 1 rings (SSSR count). The van der Waals surface area contributed by atoms with Crippen molar-refractivity contribution in [1.82, 2.24) is 9.80 Å². The third kappa shape index (κ3) is 2.01. The van der Waals surface area contributed by atoms with Gasteiger partial charge in [-0.05, 0) is 27.7 Å². The van der Waals surface area contributed by atoms with E-state index in [1.165, 1.54) is 5.70 Å². The molecule has 0 saturated carbocycles. The molecule has 0 atom stereocenters. The number of allylic oxidation sites excluding steroid dienone is 1. The molecule has 1 saturated heterocycles. The highest BCUT2D eigenvalue weighted by atomic mass is 15.4. The minimum absolute atomic E-state index is 0.296. The Kier molecular flexibility index (Phi) is 2.47. The van der Waals surface area contributed by atoms with Crippen LogP contribution in [0.3, 0.4) is 0 Å².